The minimum absolute atomic E-state index is 0.00815. The van der Waals surface area contributed by atoms with Gasteiger partial charge in [0, 0.05) is 13.1 Å². The number of hydrogen-bond donors (Lipinski definition) is 1. The number of hydrogen-bond acceptors (Lipinski definition) is 4. The Morgan fingerprint density at radius 2 is 2.24 bits per heavy atom. The van der Waals surface area contributed by atoms with E-state index in [1.54, 1.807) is 6.92 Å². The van der Waals surface area contributed by atoms with Gasteiger partial charge >= 0.3 is 5.97 Å². The van der Waals surface area contributed by atoms with Crippen molar-refractivity contribution < 1.29 is 14.3 Å². The van der Waals surface area contributed by atoms with Crippen LogP contribution in [-0.2, 0) is 20.7 Å². The van der Waals surface area contributed by atoms with E-state index >= 15 is 0 Å². The van der Waals surface area contributed by atoms with Crippen LogP contribution in [-0.4, -0.2) is 42.5 Å². The zero-order chi connectivity index (χ0) is 14.8. The Kier molecular flexibility index (Phi) is 3.92. The van der Waals surface area contributed by atoms with E-state index in [1.807, 2.05) is 17.0 Å². The van der Waals surface area contributed by atoms with Gasteiger partial charge in [-0.2, -0.15) is 0 Å². The van der Waals surface area contributed by atoms with Crippen molar-refractivity contribution in [2.75, 3.05) is 19.7 Å². The summed E-state index contributed by atoms with van der Waals surface area (Å²) in [5, 5.41) is 3.21. The highest BCUT2D eigenvalue weighted by atomic mass is 16.5. The Balaban J connectivity index is 1.74. The second-order valence-corrected chi connectivity index (χ2v) is 5.47. The standard InChI is InChI=1S/C16H20N2O3/c1-2-21-15(19)9-13-16(20)18-8-7-11-5-3-4-6-12(11)14(18)10-17-13/h3-6,13-14,17H,2,7-10H2,1H3/t13-,14+/m0/s1. The number of nitrogens with zero attached hydrogens (tertiary/aromatic N) is 1. The SMILES string of the molecule is CCOC(=O)C[C@@H]1NC[C@@H]2c3ccccc3CCN2C1=O. The first-order chi connectivity index (χ1) is 10.2. The summed E-state index contributed by atoms with van der Waals surface area (Å²) in [7, 11) is 0. The Bertz CT molecular complexity index is 558. The van der Waals surface area contributed by atoms with Crippen molar-refractivity contribution in [3.63, 3.8) is 0 Å². The van der Waals surface area contributed by atoms with E-state index in [9.17, 15) is 9.59 Å². The fraction of sp³-hybridized carbons (Fsp3) is 0.500. The second-order valence-electron chi connectivity index (χ2n) is 5.47. The van der Waals surface area contributed by atoms with Crippen molar-refractivity contribution in [3.8, 4) is 0 Å². The van der Waals surface area contributed by atoms with Crippen molar-refractivity contribution >= 4 is 11.9 Å². The highest BCUT2D eigenvalue weighted by Crippen LogP contribution is 2.32. The zero-order valence-corrected chi connectivity index (χ0v) is 12.2. The summed E-state index contributed by atoms with van der Waals surface area (Å²) >= 11 is 0. The molecule has 0 radical (unpaired) electrons. The van der Waals surface area contributed by atoms with Gasteiger partial charge in [-0.15, -0.1) is 0 Å². The molecule has 1 aromatic rings. The van der Waals surface area contributed by atoms with Crippen LogP contribution in [0.1, 0.15) is 30.5 Å². The van der Waals surface area contributed by atoms with Crippen LogP contribution >= 0.6 is 0 Å². The number of nitrogens with one attached hydrogen (secondary N) is 1. The number of fused-ring (bicyclic) bond motifs is 3. The van der Waals surface area contributed by atoms with Crippen LogP contribution in [0.5, 0.6) is 0 Å². The fourth-order valence-corrected chi connectivity index (χ4v) is 3.22. The molecule has 1 N–H and O–H groups in total. The number of amides is 1. The summed E-state index contributed by atoms with van der Waals surface area (Å²) in [6.07, 6.45) is 0.988. The van der Waals surface area contributed by atoms with Crippen molar-refractivity contribution in [2.45, 2.75) is 31.8 Å². The normalized spacial score (nSPS) is 24.2. The molecule has 0 unspecified atom stereocenters. The van der Waals surface area contributed by atoms with Crippen LogP contribution in [0.25, 0.3) is 0 Å². The molecule has 0 aliphatic carbocycles. The predicted octanol–water partition coefficient (Wildman–Crippen LogP) is 1.04. The second kappa shape index (κ2) is 5.85. The molecule has 2 aliphatic heterocycles. The molecule has 21 heavy (non-hydrogen) atoms. The Morgan fingerprint density at radius 3 is 3.05 bits per heavy atom. The van der Waals surface area contributed by atoms with Crippen molar-refractivity contribution in [1.29, 1.82) is 0 Å². The number of carbonyl (C=O) groups is 2. The van der Waals surface area contributed by atoms with Crippen LogP contribution in [0.3, 0.4) is 0 Å². The molecule has 1 saturated heterocycles. The maximum Gasteiger partial charge on any atom is 0.307 e. The first-order valence-corrected chi connectivity index (χ1v) is 7.48. The fourth-order valence-electron chi connectivity index (χ4n) is 3.22. The minimum Gasteiger partial charge on any atom is -0.466 e. The van der Waals surface area contributed by atoms with E-state index in [-0.39, 0.29) is 24.3 Å². The third-order valence-corrected chi connectivity index (χ3v) is 4.23. The van der Waals surface area contributed by atoms with E-state index < -0.39 is 6.04 Å². The number of piperazine rings is 1. The van der Waals surface area contributed by atoms with E-state index in [4.69, 9.17) is 4.74 Å². The predicted molar refractivity (Wildman–Crippen MR) is 77.6 cm³/mol. The lowest BCUT2D eigenvalue weighted by atomic mass is 9.90. The molecule has 2 atom stereocenters. The average Bonchev–Trinajstić information content (AvgIpc) is 2.50. The van der Waals surface area contributed by atoms with Crippen molar-refractivity contribution in [1.82, 2.24) is 10.2 Å². The summed E-state index contributed by atoms with van der Waals surface area (Å²) in [6, 6.07) is 7.90. The van der Waals surface area contributed by atoms with Crippen molar-refractivity contribution in [3.05, 3.63) is 35.4 Å². The van der Waals surface area contributed by atoms with Gasteiger partial charge in [0.25, 0.3) is 0 Å². The maximum absolute atomic E-state index is 12.6. The summed E-state index contributed by atoms with van der Waals surface area (Å²) in [5.74, 6) is -0.312. The number of ether oxygens (including phenoxy) is 1. The molecular formula is C16H20N2O3. The Morgan fingerprint density at radius 1 is 1.43 bits per heavy atom. The lowest BCUT2D eigenvalue weighted by Crippen LogP contribution is -2.58. The summed E-state index contributed by atoms with van der Waals surface area (Å²) in [5.41, 5.74) is 2.54. The van der Waals surface area contributed by atoms with Gasteiger partial charge in [-0.25, -0.2) is 0 Å². The van der Waals surface area contributed by atoms with Gasteiger partial charge in [0.2, 0.25) is 5.91 Å². The lowest BCUT2D eigenvalue weighted by molar-refractivity contribution is -0.149. The molecule has 0 saturated carbocycles. The third kappa shape index (κ3) is 2.65. The summed E-state index contributed by atoms with van der Waals surface area (Å²) in [4.78, 5) is 26.1. The Labute approximate surface area is 124 Å². The summed E-state index contributed by atoms with van der Waals surface area (Å²) < 4.78 is 4.94. The molecule has 3 rings (SSSR count). The lowest BCUT2D eigenvalue weighted by Gasteiger charge is -2.43. The maximum atomic E-state index is 12.6. The molecule has 1 fully saturated rings. The van der Waals surface area contributed by atoms with E-state index in [1.165, 1.54) is 11.1 Å². The number of benzene rings is 1. The molecular weight excluding hydrogens is 268 g/mol. The zero-order valence-electron chi connectivity index (χ0n) is 12.2. The van der Waals surface area contributed by atoms with Gasteiger partial charge in [-0.05, 0) is 24.5 Å². The number of rotatable bonds is 3. The van der Waals surface area contributed by atoms with Crippen LogP contribution in [0.4, 0.5) is 0 Å². The summed E-state index contributed by atoms with van der Waals surface area (Å²) in [6.45, 7) is 3.53. The number of esters is 1. The van der Waals surface area contributed by atoms with E-state index in [2.05, 4.69) is 17.4 Å². The quantitative estimate of drug-likeness (QED) is 0.844. The molecule has 0 aromatic heterocycles. The molecule has 5 nitrogen and oxygen atoms in total. The van der Waals surface area contributed by atoms with Gasteiger partial charge < -0.3 is 15.0 Å². The topological polar surface area (TPSA) is 58.6 Å². The largest absolute Gasteiger partial charge is 0.466 e. The van der Waals surface area contributed by atoms with Gasteiger partial charge in [-0.3, -0.25) is 9.59 Å². The smallest absolute Gasteiger partial charge is 0.307 e. The molecule has 1 amide bonds. The van der Waals surface area contributed by atoms with Gasteiger partial charge in [0.15, 0.2) is 0 Å². The van der Waals surface area contributed by atoms with E-state index in [0.717, 1.165) is 13.0 Å². The average molecular weight is 288 g/mol. The van der Waals surface area contributed by atoms with Crippen molar-refractivity contribution in [2.24, 2.45) is 0 Å². The van der Waals surface area contributed by atoms with Crippen LogP contribution in [0, 0.1) is 0 Å². The molecule has 0 bridgehead atoms. The Hall–Kier alpha value is -1.88. The molecule has 112 valence electrons. The first-order valence-electron chi connectivity index (χ1n) is 7.48. The molecule has 2 heterocycles. The van der Waals surface area contributed by atoms with Crippen LogP contribution < -0.4 is 5.32 Å². The highest BCUT2D eigenvalue weighted by molar-refractivity contribution is 5.88. The van der Waals surface area contributed by atoms with Gasteiger partial charge in [0.05, 0.1) is 25.1 Å². The van der Waals surface area contributed by atoms with Gasteiger partial charge in [0.1, 0.15) is 0 Å². The molecule has 5 heteroatoms. The first kappa shape index (κ1) is 14.1. The van der Waals surface area contributed by atoms with E-state index in [0.29, 0.717) is 13.2 Å². The highest BCUT2D eigenvalue weighted by Gasteiger charge is 2.39. The molecule has 2 aliphatic rings. The van der Waals surface area contributed by atoms with Crippen LogP contribution in [0.2, 0.25) is 0 Å². The molecule has 0 spiro atoms. The van der Waals surface area contributed by atoms with Gasteiger partial charge in [-0.1, -0.05) is 24.3 Å². The number of carbonyl (C=O) groups excluding carboxylic acids is 2. The molecule has 1 aromatic carbocycles. The monoisotopic (exact) mass is 288 g/mol. The van der Waals surface area contributed by atoms with Crippen LogP contribution in [0.15, 0.2) is 24.3 Å². The third-order valence-electron chi connectivity index (χ3n) is 4.23. The minimum atomic E-state index is -0.453.